The number of nitriles is 1. The predicted octanol–water partition coefficient (Wildman–Crippen LogP) is 0.661. The van der Waals surface area contributed by atoms with E-state index in [2.05, 4.69) is 5.32 Å². The van der Waals surface area contributed by atoms with Crippen LogP contribution >= 0.6 is 0 Å². The Morgan fingerprint density at radius 2 is 2.00 bits per heavy atom. The number of carboxylic acid groups (broad SMARTS) is 1. The maximum Gasteiger partial charge on any atom is 0.310 e. The first kappa shape index (κ1) is 11.5. The second-order valence-corrected chi connectivity index (χ2v) is 3.90. The van der Waals surface area contributed by atoms with Crippen LogP contribution in [0.4, 0.5) is 0 Å². The van der Waals surface area contributed by atoms with Crippen LogP contribution in [0.2, 0.25) is 0 Å². The molecule has 0 aromatic carbocycles. The molecule has 5 nitrogen and oxygen atoms in total. The zero-order valence-electron chi connectivity index (χ0n) is 8.45. The highest BCUT2D eigenvalue weighted by atomic mass is 16.4. The van der Waals surface area contributed by atoms with Gasteiger partial charge >= 0.3 is 5.97 Å². The number of nitrogens with zero attached hydrogens (tertiary/aromatic N) is 1. The van der Waals surface area contributed by atoms with Crippen LogP contribution in [0.5, 0.6) is 0 Å². The first-order valence-corrected chi connectivity index (χ1v) is 4.98. The molecule has 0 unspecified atom stereocenters. The lowest BCUT2D eigenvalue weighted by Gasteiger charge is -2.22. The third-order valence-corrected chi connectivity index (χ3v) is 2.88. The van der Waals surface area contributed by atoms with Crippen molar-refractivity contribution >= 4 is 11.9 Å². The van der Waals surface area contributed by atoms with E-state index in [1.165, 1.54) is 0 Å². The SMILES string of the molecule is N#CCNC(=O)CC1(C(=O)O)CCCC1. The highest BCUT2D eigenvalue weighted by Gasteiger charge is 2.42. The summed E-state index contributed by atoms with van der Waals surface area (Å²) in [4.78, 5) is 22.4. The summed E-state index contributed by atoms with van der Waals surface area (Å²) < 4.78 is 0. The van der Waals surface area contributed by atoms with Crippen LogP contribution in [0.1, 0.15) is 32.1 Å². The smallest absolute Gasteiger partial charge is 0.310 e. The molecule has 1 fully saturated rings. The quantitative estimate of drug-likeness (QED) is 0.667. The van der Waals surface area contributed by atoms with Crippen molar-refractivity contribution in [2.24, 2.45) is 5.41 Å². The molecule has 0 aromatic heterocycles. The van der Waals surface area contributed by atoms with Crippen molar-refractivity contribution in [3.8, 4) is 6.07 Å². The molecule has 1 saturated carbocycles. The number of aliphatic carboxylic acids is 1. The zero-order chi connectivity index (χ0) is 11.3. The summed E-state index contributed by atoms with van der Waals surface area (Å²) in [5.74, 6) is -1.24. The van der Waals surface area contributed by atoms with Gasteiger partial charge in [0.05, 0.1) is 11.5 Å². The van der Waals surface area contributed by atoms with Crippen LogP contribution in [0.3, 0.4) is 0 Å². The number of carbonyl (C=O) groups excluding carboxylic acids is 1. The number of carbonyl (C=O) groups is 2. The molecule has 0 atom stereocenters. The third kappa shape index (κ3) is 2.69. The van der Waals surface area contributed by atoms with Crippen molar-refractivity contribution in [2.45, 2.75) is 32.1 Å². The summed E-state index contributed by atoms with van der Waals surface area (Å²) in [6.07, 6.45) is 2.82. The highest BCUT2D eigenvalue weighted by molar-refractivity contribution is 5.85. The van der Waals surface area contributed by atoms with Gasteiger partial charge in [0.1, 0.15) is 6.54 Å². The van der Waals surface area contributed by atoms with E-state index in [4.69, 9.17) is 10.4 Å². The Labute approximate surface area is 88.1 Å². The van der Waals surface area contributed by atoms with Gasteiger partial charge in [0, 0.05) is 6.42 Å². The van der Waals surface area contributed by atoms with Gasteiger partial charge in [-0.2, -0.15) is 5.26 Å². The van der Waals surface area contributed by atoms with Gasteiger partial charge in [-0.25, -0.2) is 0 Å². The minimum absolute atomic E-state index is 0.00991. The topological polar surface area (TPSA) is 90.2 Å². The van der Waals surface area contributed by atoms with E-state index in [1.807, 2.05) is 0 Å². The van der Waals surface area contributed by atoms with Gasteiger partial charge in [-0.05, 0) is 12.8 Å². The Balaban J connectivity index is 2.56. The van der Waals surface area contributed by atoms with Gasteiger partial charge in [-0.1, -0.05) is 12.8 Å². The molecule has 82 valence electrons. The Morgan fingerprint density at radius 1 is 1.40 bits per heavy atom. The average molecular weight is 210 g/mol. The molecule has 15 heavy (non-hydrogen) atoms. The molecule has 1 amide bonds. The van der Waals surface area contributed by atoms with Crippen molar-refractivity contribution < 1.29 is 14.7 Å². The Bertz CT molecular complexity index is 300. The summed E-state index contributed by atoms with van der Waals surface area (Å²) in [7, 11) is 0. The molecule has 2 N–H and O–H groups in total. The van der Waals surface area contributed by atoms with Crippen LogP contribution < -0.4 is 5.32 Å². The highest BCUT2D eigenvalue weighted by Crippen LogP contribution is 2.41. The van der Waals surface area contributed by atoms with Gasteiger partial charge in [-0.3, -0.25) is 9.59 Å². The summed E-state index contributed by atoms with van der Waals surface area (Å²) in [6, 6.07) is 1.79. The molecule has 0 aromatic rings. The number of nitrogens with one attached hydrogen (secondary N) is 1. The van der Waals surface area contributed by atoms with Crippen molar-refractivity contribution in [1.29, 1.82) is 5.26 Å². The first-order valence-electron chi connectivity index (χ1n) is 4.98. The van der Waals surface area contributed by atoms with Gasteiger partial charge in [0.15, 0.2) is 0 Å². The van der Waals surface area contributed by atoms with Crippen LogP contribution in [0, 0.1) is 16.7 Å². The molecular weight excluding hydrogens is 196 g/mol. The maximum absolute atomic E-state index is 11.3. The molecule has 1 aliphatic rings. The molecule has 0 aliphatic heterocycles. The van der Waals surface area contributed by atoms with Crippen LogP contribution in [0.25, 0.3) is 0 Å². The van der Waals surface area contributed by atoms with Crippen molar-refractivity contribution in [3.05, 3.63) is 0 Å². The van der Waals surface area contributed by atoms with E-state index in [9.17, 15) is 9.59 Å². The molecular formula is C10H14N2O3. The molecule has 0 bridgehead atoms. The van der Waals surface area contributed by atoms with E-state index in [0.29, 0.717) is 12.8 Å². The molecule has 0 saturated heterocycles. The van der Waals surface area contributed by atoms with E-state index in [-0.39, 0.29) is 18.9 Å². The van der Waals surface area contributed by atoms with Crippen molar-refractivity contribution in [3.63, 3.8) is 0 Å². The summed E-state index contributed by atoms with van der Waals surface area (Å²) in [5, 5.41) is 19.7. The maximum atomic E-state index is 11.3. The Hall–Kier alpha value is -1.57. The second kappa shape index (κ2) is 4.78. The average Bonchev–Trinajstić information content (AvgIpc) is 2.64. The fraction of sp³-hybridized carbons (Fsp3) is 0.700. The lowest BCUT2D eigenvalue weighted by molar-refractivity contribution is -0.151. The van der Waals surface area contributed by atoms with E-state index in [1.54, 1.807) is 6.07 Å². The molecule has 1 rings (SSSR count). The number of rotatable bonds is 4. The fourth-order valence-corrected chi connectivity index (χ4v) is 2.03. The van der Waals surface area contributed by atoms with Crippen LogP contribution in [-0.2, 0) is 9.59 Å². The number of hydrogen-bond acceptors (Lipinski definition) is 3. The Morgan fingerprint density at radius 3 is 2.47 bits per heavy atom. The van der Waals surface area contributed by atoms with E-state index >= 15 is 0 Å². The predicted molar refractivity (Wildman–Crippen MR) is 51.8 cm³/mol. The zero-order valence-corrected chi connectivity index (χ0v) is 8.45. The van der Waals surface area contributed by atoms with E-state index < -0.39 is 11.4 Å². The molecule has 1 aliphatic carbocycles. The summed E-state index contributed by atoms with van der Waals surface area (Å²) >= 11 is 0. The standard InChI is InChI=1S/C10H14N2O3/c11-5-6-12-8(13)7-10(9(14)15)3-1-2-4-10/h1-4,6-7H2,(H,12,13)(H,14,15). The number of amides is 1. The van der Waals surface area contributed by atoms with Gasteiger partial charge in [-0.15, -0.1) is 0 Å². The van der Waals surface area contributed by atoms with Gasteiger partial charge in [0.25, 0.3) is 0 Å². The minimum Gasteiger partial charge on any atom is -0.481 e. The lowest BCUT2D eigenvalue weighted by Crippen LogP contribution is -2.35. The number of carboxylic acids is 1. The third-order valence-electron chi connectivity index (χ3n) is 2.88. The first-order chi connectivity index (χ1) is 7.10. The van der Waals surface area contributed by atoms with Crippen LogP contribution in [-0.4, -0.2) is 23.5 Å². The summed E-state index contributed by atoms with van der Waals surface area (Å²) in [6.45, 7) is -0.0610. The second-order valence-electron chi connectivity index (χ2n) is 3.90. The normalized spacial score (nSPS) is 18.1. The fourth-order valence-electron chi connectivity index (χ4n) is 2.03. The lowest BCUT2D eigenvalue weighted by atomic mass is 9.82. The van der Waals surface area contributed by atoms with Crippen molar-refractivity contribution in [1.82, 2.24) is 5.32 Å². The van der Waals surface area contributed by atoms with Crippen molar-refractivity contribution in [2.75, 3.05) is 6.54 Å². The summed E-state index contributed by atoms with van der Waals surface area (Å²) in [5.41, 5.74) is -0.889. The largest absolute Gasteiger partial charge is 0.481 e. The van der Waals surface area contributed by atoms with Crippen LogP contribution in [0.15, 0.2) is 0 Å². The molecule has 0 heterocycles. The van der Waals surface area contributed by atoms with Gasteiger partial charge in [0.2, 0.25) is 5.91 Å². The van der Waals surface area contributed by atoms with E-state index in [0.717, 1.165) is 12.8 Å². The minimum atomic E-state index is -0.896. The van der Waals surface area contributed by atoms with Gasteiger partial charge < -0.3 is 10.4 Å². The molecule has 0 spiro atoms. The monoisotopic (exact) mass is 210 g/mol. The number of hydrogen-bond donors (Lipinski definition) is 2. The molecule has 5 heteroatoms. The Kier molecular flexibility index (Phi) is 3.67. The molecule has 0 radical (unpaired) electrons.